The molecule has 1 aliphatic heterocycles. The standard InChI is InChI=1S/C29H30IN2O3/c1-4-21(2)30-24-17-15-22(16-18-24)19-29(3)26(33)31(20-23-11-7-5-8-12-23)28(35)32(27(29)34)25-13-9-6-10-14-25/h5-18,21H,4,19-20H2,1-3H3/q-1. The van der Waals surface area contributed by atoms with Crippen LogP contribution in [0.3, 0.4) is 0 Å². The van der Waals surface area contributed by atoms with E-state index in [0.717, 1.165) is 22.4 Å². The number of rotatable bonds is 8. The molecule has 0 radical (unpaired) electrons. The Morgan fingerprint density at radius 3 is 2.00 bits per heavy atom. The number of carbonyl (C=O) groups is 3. The number of hydrogen-bond donors (Lipinski definition) is 0. The fraction of sp³-hybridized carbons (Fsp3) is 0.276. The second-order valence-corrected chi connectivity index (χ2v) is 13.1. The van der Waals surface area contributed by atoms with E-state index in [1.165, 1.54) is 8.47 Å². The quantitative estimate of drug-likeness (QED) is 0.234. The summed E-state index contributed by atoms with van der Waals surface area (Å²) in [6, 6.07) is 25.9. The van der Waals surface area contributed by atoms with Crippen LogP contribution in [0.4, 0.5) is 10.5 Å². The number of hydrogen-bond acceptors (Lipinski definition) is 3. The van der Waals surface area contributed by atoms with E-state index in [4.69, 9.17) is 0 Å². The first-order chi connectivity index (χ1) is 16.8. The summed E-state index contributed by atoms with van der Waals surface area (Å²) in [7, 11) is 0. The van der Waals surface area contributed by atoms with Gasteiger partial charge < -0.3 is 0 Å². The van der Waals surface area contributed by atoms with Crippen molar-refractivity contribution in [1.29, 1.82) is 0 Å². The zero-order valence-corrected chi connectivity index (χ0v) is 22.4. The van der Waals surface area contributed by atoms with Crippen LogP contribution in [0.5, 0.6) is 0 Å². The van der Waals surface area contributed by atoms with Gasteiger partial charge in [-0.25, -0.2) is 0 Å². The number of amides is 4. The molecule has 3 aromatic carbocycles. The number of halogens is 1. The van der Waals surface area contributed by atoms with Gasteiger partial charge in [0.15, 0.2) is 0 Å². The number of imide groups is 2. The Morgan fingerprint density at radius 2 is 1.40 bits per heavy atom. The van der Waals surface area contributed by atoms with Crippen molar-refractivity contribution in [1.82, 2.24) is 4.90 Å². The maximum absolute atomic E-state index is 13.8. The van der Waals surface area contributed by atoms with Crippen LogP contribution in [-0.4, -0.2) is 26.7 Å². The minimum absolute atomic E-state index is 0.0761. The van der Waals surface area contributed by atoms with Gasteiger partial charge >= 0.3 is 212 Å². The number of anilines is 1. The molecular weight excluding hydrogens is 551 g/mol. The third-order valence-corrected chi connectivity index (χ3v) is 9.74. The van der Waals surface area contributed by atoms with Crippen molar-refractivity contribution in [3.8, 4) is 0 Å². The number of urea groups is 1. The Bertz CT molecular complexity index is 1200. The third-order valence-electron chi connectivity index (χ3n) is 6.36. The number of para-hydroxylation sites is 1. The third kappa shape index (κ3) is 5.32. The summed E-state index contributed by atoms with van der Waals surface area (Å²) in [5.41, 5.74) is 0.810. The summed E-state index contributed by atoms with van der Waals surface area (Å²) in [6.07, 6.45) is 1.39. The van der Waals surface area contributed by atoms with E-state index in [-0.39, 0.29) is 34.2 Å². The number of benzene rings is 3. The molecule has 5 nitrogen and oxygen atoms in total. The van der Waals surface area contributed by atoms with Crippen molar-refractivity contribution in [2.45, 2.75) is 44.1 Å². The van der Waals surface area contributed by atoms with Gasteiger partial charge in [-0.1, -0.05) is 6.07 Å². The van der Waals surface area contributed by atoms with Crippen molar-refractivity contribution in [3.63, 3.8) is 0 Å². The molecule has 6 heteroatoms. The van der Waals surface area contributed by atoms with Crippen LogP contribution in [0, 0.1) is 8.99 Å². The molecule has 35 heavy (non-hydrogen) atoms. The molecule has 2 atom stereocenters. The normalized spacial score (nSPS) is 19.3. The summed E-state index contributed by atoms with van der Waals surface area (Å²) in [5.74, 6) is -0.946. The summed E-state index contributed by atoms with van der Waals surface area (Å²) in [5, 5.41) is 0. The number of nitrogens with zero attached hydrogens (tertiary/aromatic N) is 2. The Labute approximate surface area is 217 Å². The Hall–Kier alpha value is -3.00. The van der Waals surface area contributed by atoms with Crippen LogP contribution in [0.15, 0.2) is 84.9 Å². The van der Waals surface area contributed by atoms with Crippen LogP contribution >= 0.6 is 0 Å². The van der Waals surface area contributed by atoms with Gasteiger partial charge in [0.25, 0.3) is 0 Å². The zero-order chi connectivity index (χ0) is 25.0. The van der Waals surface area contributed by atoms with E-state index in [9.17, 15) is 14.4 Å². The SMILES string of the molecule is CCC(C)[I-]c1ccc(CC2(C)C(=O)N(Cc3ccccc3)C(=O)N(c3ccccc3)C2=O)cc1. The molecule has 0 saturated carbocycles. The van der Waals surface area contributed by atoms with Crippen molar-refractivity contribution >= 4 is 23.5 Å². The molecule has 2 unspecified atom stereocenters. The molecule has 182 valence electrons. The molecule has 1 heterocycles. The van der Waals surface area contributed by atoms with Gasteiger partial charge in [0, 0.05) is 0 Å². The molecule has 1 saturated heterocycles. The minimum atomic E-state index is -1.40. The van der Waals surface area contributed by atoms with E-state index in [1.54, 1.807) is 31.2 Å². The summed E-state index contributed by atoms with van der Waals surface area (Å²) >= 11 is -0.0761. The van der Waals surface area contributed by atoms with E-state index in [0.29, 0.717) is 9.61 Å². The Morgan fingerprint density at radius 1 is 0.800 bits per heavy atom. The Kier molecular flexibility index (Phi) is 7.69. The number of barbiturate groups is 1. The van der Waals surface area contributed by atoms with E-state index >= 15 is 0 Å². The molecule has 0 aliphatic carbocycles. The van der Waals surface area contributed by atoms with Crippen LogP contribution in [0.1, 0.15) is 38.3 Å². The van der Waals surface area contributed by atoms with Crippen molar-refractivity contribution in [3.05, 3.63) is 99.6 Å². The summed E-state index contributed by atoms with van der Waals surface area (Å²) in [4.78, 5) is 43.4. The van der Waals surface area contributed by atoms with E-state index in [2.05, 4.69) is 26.0 Å². The number of alkyl halides is 1. The van der Waals surface area contributed by atoms with E-state index < -0.39 is 23.3 Å². The van der Waals surface area contributed by atoms with Gasteiger partial charge in [-0.05, 0) is 0 Å². The van der Waals surface area contributed by atoms with Gasteiger partial charge in [-0.3, -0.25) is 0 Å². The molecule has 0 spiro atoms. The van der Waals surface area contributed by atoms with Crippen molar-refractivity contribution in [2.24, 2.45) is 5.41 Å². The van der Waals surface area contributed by atoms with Crippen LogP contribution in [0.2, 0.25) is 0 Å². The number of carbonyl (C=O) groups excluding carboxylic acids is 3. The maximum atomic E-state index is 13.8. The van der Waals surface area contributed by atoms with Gasteiger partial charge in [0.1, 0.15) is 0 Å². The molecule has 4 amide bonds. The van der Waals surface area contributed by atoms with E-state index in [1.807, 2.05) is 48.5 Å². The van der Waals surface area contributed by atoms with Crippen LogP contribution in [-0.2, 0) is 22.6 Å². The molecule has 4 rings (SSSR count). The fourth-order valence-electron chi connectivity index (χ4n) is 4.17. The van der Waals surface area contributed by atoms with Gasteiger partial charge in [-0.15, -0.1) is 0 Å². The van der Waals surface area contributed by atoms with Gasteiger partial charge in [0.2, 0.25) is 0 Å². The molecule has 3 aromatic rings. The average Bonchev–Trinajstić information content (AvgIpc) is 2.88. The van der Waals surface area contributed by atoms with Crippen molar-refractivity contribution < 1.29 is 35.6 Å². The first kappa shape index (κ1) is 25.1. The summed E-state index contributed by atoms with van der Waals surface area (Å²) < 4.78 is 2.05. The molecule has 1 aliphatic rings. The summed E-state index contributed by atoms with van der Waals surface area (Å²) in [6.45, 7) is 6.26. The zero-order valence-electron chi connectivity index (χ0n) is 20.3. The topological polar surface area (TPSA) is 57.7 Å². The predicted octanol–water partition coefficient (Wildman–Crippen LogP) is 2.49. The molecule has 1 fully saturated rings. The second-order valence-electron chi connectivity index (χ2n) is 9.07. The molecule has 0 N–H and O–H groups in total. The first-order valence-electron chi connectivity index (χ1n) is 11.8. The molecule has 0 aromatic heterocycles. The first-order valence-corrected chi connectivity index (χ1v) is 14.2. The van der Waals surface area contributed by atoms with Crippen LogP contribution in [0.25, 0.3) is 0 Å². The van der Waals surface area contributed by atoms with Crippen molar-refractivity contribution in [2.75, 3.05) is 4.90 Å². The molecular formula is C29H30IN2O3-. The molecule has 0 bridgehead atoms. The van der Waals surface area contributed by atoms with Gasteiger partial charge in [-0.2, -0.15) is 0 Å². The van der Waals surface area contributed by atoms with Gasteiger partial charge in [0.05, 0.1) is 0 Å². The second kappa shape index (κ2) is 10.7. The van der Waals surface area contributed by atoms with Crippen LogP contribution < -0.4 is 26.1 Å². The predicted molar refractivity (Wildman–Crippen MR) is 133 cm³/mol. The average molecular weight is 581 g/mol. The monoisotopic (exact) mass is 581 g/mol. The Balaban J connectivity index is 1.68. The fourth-order valence-corrected chi connectivity index (χ4v) is 6.61.